The number of carbonyl (C=O) groups is 4. The highest BCUT2D eigenvalue weighted by molar-refractivity contribution is 8.00. The fraction of sp³-hybridized carbons (Fsp3) is 0.400. The van der Waals surface area contributed by atoms with E-state index >= 15 is 0 Å². The maximum Gasteiger partial charge on any atom is 0.352 e. The lowest BCUT2D eigenvalue weighted by molar-refractivity contribution is -0.151. The number of ether oxygens (including phenoxy) is 1. The number of carbonyl (C=O) groups excluding carboxylic acids is 3. The van der Waals surface area contributed by atoms with Crippen LogP contribution in [0.25, 0.3) is 0 Å². The fourth-order valence-electron chi connectivity index (χ4n) is 3.80. The lowest BCUT2D eigenvalue weighted by Crippen LogP contribution is -2.70. The first-order valence-corrected chi connectivity index (χ1v) is 10.3. The largest absolute Gasteiger partial charge is 0.477 e. The maximum atomic E-state index is 12.6. The van der Waals surface area contributed by atoms with E-state index in [1.54, 1.807) is 0 Å². The quantitative estimate of drug-likeness (QED) is 0.527. The lowest BCUT2D eigenvalue weighted by atomic mass is 10.0. The number of carboxylic acid groups (broad SMARTS) is 1. The number of aliphatic carboxylic acids is 1. The number of hydrogen-bond donors (Lipinski definition) is 2. The third-order valence-corrected chi connectivity index (χ3v) is 6.69. The van der Waals surface area contributed by atoms with E-state index in [-0.39, 0.29) is 30.0 Å². The molecule has 4 unspecified atom stereocenters. The van der Waals surface area contributed by atoms with E-state index in [4.69, 9.17) is 4.74 Å². The van der Waals surface area contributed by atoms with Gasteiger partial charge in [-0.1, -0.05) is 30.3 Å². The van der Waals surface area contributed by atoms with E-state index in [2.05, 4.69) is 5.32 Å². The monoisotopic (exact) mass is 416 g/mol. The van der Waals surface area contributed by atoms with Gasteiger partial charge in [-0.15, -0.1) is 11.8 Å². The number of nitrogens with zero attached hydrogens (tertiary/aromatic N) is 1. The summed E-state index contributed by atoms with van der Waals surface area (Å²) in [4.78, 5) is 49.1. The Labute approximate surface area is 171 Å². The van der Waals surface area contributed by atoms with E-state index in [1.165, 1.54) is 23.6 Å². The Morgan fingerprint density at radius 3 is 2.66 bits per heavy atom. The first kappa shape index (κ1) is 19.5. The number of hydrogen-bond acceptors (Lipinski definition) is 6. The van der Waals surface area contributed by atoms with Crippen LogP contribution in [0.2, 0.25) is 0 Å². The summed E-state index contributed by atoms with van der Waals surface area (Å²) in [5.41, 5.74) is 1.32. The maximum absolute atomic E-state index is 12.6. The molecule has 2 amide bonds. The van der Waals surface area contributed by atoms with Gasteiger partial charge in [0.05, 0.1) is 0 Å². The van der Waals surface area contributed by atoms with Crippen molar-refractivity contribution in [1.82, 2.24) is 10.2 Å². The van der Waals surface area contributed by atoms with Crippen molar-refractivity contribution in [1.29, 1.82) is 0 Å². The van der Waals surface area contributed by atoms with Gasteiger partial charge in [0, 0.05) is 24.2 Å². The molecule has 3 aliphatic rings. The first-order chi connectivity index (χ1) is 13.9. The molecule has 29 heavy (non-hydrogen) atoms. The van der Waals surface area contributed by atoms with Gasteiger partial charge in [0.25, 0.3) is 5.91 Å². The van der Waals surface area contributed by atoms with E-state index in [0.29, 0.717) is 11.3 Å². The van der Waals surface area contributed by atoms with Crippen molar-refractivity contribution in [2.75, 3.05) is 12.4 Å². The number of thioether (sulfide) groups is 1. The Bertz CT molecular complexity index is 915. The summed E-state index contributed by atoms with van der Waals surface area (Å²) in [5, 5.41) is 11.9. The molecule has 1 aliphatic carbocycles. The number of amides is 2. The minimum absolute atomic E-state index is 0.154. The molecule has 4 atom stereocenters. The van der Waals surface area contributed by atoms with E-state index in [0.717, 1.165) is 12.0 Å². The molecule has 1 aromatic carbocycles. The first-order valence-electron chi connectivity index (χ1n) is 9.27. The summed E-state index contributed by atoms with van der Waals surface area (Å²) in [6.07, 6.45) is 0.741. The number of esters is 1. The second-order valence-electron chi connectivity index (χ2n) is 7.29. The Morgan fingerprint density at radius 2 is 2.00 bits per heavy atom. The zero-order chi connectivity index (χ0) is 20.7. The van der Waals surface area contributed by atoms with Crippen LogP contribution >= 0.6 is 11.8 Å². The standard InChI is InChI=1S/C20H20N2O6S/c1-10(23)28-8-12-9-29-19-15(18(25)22(19)16(12)20(26)27)21-17(24)14-7-13(14)11-5-3-2-4-6-11/h2-6,13-15,19H,7-9H2,1H3,(H,21,24)(H,26,27). The molecular weight excluding hydrogens is 396 g/mol. The molecule has 4 rings (SSSR count). The number of benzene rings is 1. The number of fused-ring (bicyclic) bond motifs is 1. The van der Waals surface area contributed by atoms with Crippen molar-refractivity contribution in [3.05, 3.63) is 47.2 Å². The summed E-state index contributed by atoms with van der Waals surface area (Å²) in [7, 11) is 0. The topological polar surface area (TPSA) is 113 Å². The molecule has 8 nitrogen and oxygen atoms in total. The predicted molar refractivity (Wildman–Crippen MR) is 104 cm³/mol. The normalized spacial score (nSPS) is 27.6. The molecule has 2 heterocycles. The molecule has 1 aromatic rings. The molecular formula is C20H20N2O6S. The average molecular weight is 416 g/mol. The Kier molecular flexibility index (Phi) is 5.08. The SMILES string of the molecule is CC(=O)OCC1=C(C(=O)O)N2C(=O)C(NC(=O)C3CC3c3ccccc3)C2SC1. The highest BCUT2D eigenvalue weighted by Gasteiger charge is 2.55. The van der Waals surface area contributed by atoms with E-state index in [9.17, 15) is 24.3 Å². The van der Waals surface area contributed by atoms with Gasteiger partial charge in [-0.25, -0.2) is 4.79 Å². The van der Waals surface area contributed by atoms with Crippen molar-refractivity contribution >= 4 is 35.5 Å². The van der Waals surface area contributed by atoms with Crippen LogP contribution in [0, 0.1) is 5.92 Å². The molecule has 2 N–H and O–H groups in total. The van der Waals surface area contributed by atoms with Gasteiger partial charge in [-0.2, -0.15) is 0 Å². The van der Waals surface area contributed by atoms with Crippen LogP contribution in [0.1, 0.15) is 24.8 Å². The van der Waals surface area contributed by atoms with Crippen LogP contribution in [-0.2, 0) is 23.9 Å². The summed E-state index contributed by atoms with van der Waals surface area (Å²) in [6.45, 7) is 1.07. The van der Waals surface area contributed by atoms with E-state index < -0.39 is 29.3 Å². The van der Waals surface area contributed by atoms with Crippen molar-refractivity contribution in [3.63, 3.8) is 0 Å². The van der Waals surface area contributed by atoms with Crippen molar-refractivity contribution < 1.29 is 29.0 Å². The lowest BCUT2D eigenvalue weighted by Gasteiger charge is -2.49. The van der Waals surface area contributed by atoms with E-state index in [1.807, 2.05) is 30.3 Å². The van der Waals surface area contributed by atoms with Crippen molar-refractivity contribution in [2.24, 2.45) is 5.92 Å². The molecule has 9 heteroatoms. The highest BCUT2D eigenvalue weighted by Crippen LogP contribution is 2.48. The van der Waals surface area contributed by atoms with Gasteiger partial charge >= 0.3 is 11.9 Å². The van der Waals surface area contributed by atoms with Crippen LogP contribution in [0.15, 0.2) is 41.6 Å². The molecule has 0 bridgehead atoms. The molecule has 2 aliphatic heterocycles. The van der Waals surface area contributed by atoms with Crippen LogP contribution in [0.4, 0.5) is 0 Å². The molecule has 152 valence electrons. The number of nitrogens with one attached hydrogen (secondary N) is 1. The van der Waals surface area contributed by atoms with Gasteiger partial charge in [-0.3, -0.25) is 19.3 Å². The van der Waals surface area contributed by atoms with Crippen molar-refractivity contribution in [3.8, 4) is 0 Å². The van der Waals surface area contributed by atoms with Crippen LogP contribution in [0.3, 0.4) is 0 Å². The van der Waals surface area contributed by atoms with Crippen LogP contribution < -0.4 is 5.32 Å². The van der Waals surface area contributed by atoms with Gasteiger partial charge in [0.1, 0.15) is 23.7 Å². The number of rotatable bonds is 6. The second-order valence-corrected chi connectivity index (χ2v) is 8.40. The number of carboxylic acids is 1. The van der Waals surface area contributed by atoms with Gasteiger partial charge in [0.2, 0.25) is 5.91 Å². The van der Waals surface area contributed by atoms with Crippen LogP contribution in [0.5, 0.6) is 0 Å². The van der Waals surface area contributed by atoms with Gasteiger partial charge < -0.3 is 15.2 Å². The Balaban J connectivity index is 1.42. The zero-order valence-corrected chi connectivity index (χ0v) is 16.5. The highest BCUT2D eigenvalue weighted by atomic mass is 32.2. The summed E-state index contributed by atoms with van der Waals surface area (Å²) < 4.78 is 4.91. The fourth-order valence-corrected chi connectivity index (χ4v) is 5.12. The molecule has 1 saturated heterocycles. The molecule has 1 saturated carbocycles. The van der Waals surface area contributed by atoms with Crippen LogP contribution in [-0.4, -0.2) is 57.5 Å². The summed E-state index contributed by atoms with van der Waals surface area (Å²) in [5.74, 6) is -2.10. The third-order valence-electron chi connectivity index (χ3n) is 5.35. The third kappa shape index (κ3) is 3.62. The summed E-state index contributed by atoms with van der Waals surface area (Å²) in [6, 6.07) is 9.02. The smallest absolute Gasteiger partial charge is 0.352 e. The zero-order valence-electron chi connectivity index (χ0n) is 15.7. The van der Waals surface area contributed by atoms with Gasteiger partial charge in [0.15, 0.2) is 0 Å². The molecule has 0 radical (unpaired) electrons. The molecule has 0 aromatic heterocycles. The van der Waals surface area contributed by atoms with Gasteiger partial charge in [-0.05, 0) is 17.9 Å². The Morgan fingerprint density at radius 1 is 1.28 bits per heavy atom. The minimum Gasteiger partial charge on any atom is -0.477 e. The van der Waals surface area contributed by atoms with Crippen molar-refractivity contribution in [2.45, 2.75) is 30.7 Å². The number of β-lactam (4-membered cyclic amide) rings is 1. The Hall–Kier alpha value is -2.81. The predicted octanol–water partition coefficient (Wildman–Crippen LogP) is 1.09. The molecule has 2 fully saturated rings. The minimum atomic E-state index is -1.25. The second kappa shape index (κ2) is 7.55. The summed E-state index contributed by atoms with van der Waals surface area (Å²) >= 11 is 1.35. The average Bonchev–Trinajstić information content (AvgIpc) is 3.51. The molecule has 0 spiro atoms.